The number of hydrogen-bond donors (Lipinski definition) is 1. The van der Waals surface area contributed by atoms with Gasteiger partial charge in [-0.3, -0.25) is 9.59 Å². The molecular formula is C25H29FN2O4. The summed E-state index contributed by atoms with van der Waals surface area (Å²) in [5.41, 5.74) is 0.430. The van der Waals surface area contributed by atoms with Crippen LogP contribution in [0.1, 0.15) is 37.9 Å². The third-order valence-electron chi connectivity index (χ3n) is 5.73. The van der Waals surface area contributed by atoms with Gasteiger partial charge < -0.3 is 19.6 Å². The molecule has 3 rings (SSSR count). The van der Waals surface area contributed by atoms with Crippen LogP contribution >= 0.6 is 0 Å². The van der Waals surface area contributed by atoms with Crippen LogP contribution in [0.5, 0.6) is 5.75 Å². The van der Waals surface area contributed by atoms with E-state index in [4.69, 9.17) is 4.74 Å². The predicted octanol–water partition coefficient (Wildman–Crippen LogP) is 3.99. The second kappa shape index (κ2) is 10.4. The number of likely N-dealkylation sites (tertiary alicyclic amines) is 1. The molecular weight excluding hydrogens is 411 g/mol. The van der Waals surface area contributed by atoms with Gasteiger partial charge in [0.15, 0.2) is 0 Å². The SMILES string of the molecule is CCOc1ccc(/C(O)=C2\C(=O)C(=O)N(CCN(CC)CC)[C@@H]2c2ccccc2F)cc1. The van der Waals surface area contributed by atoms with E-state index in [2.05, 4.69) is 4.90 Å². The van der Waals surface area contributed by atoms with Gasteiger partial charge in [0, 0.05) is 24.2 Å². The molecule has 7 heteroatoms. The highest BCUT2D eigenvalue weighted by Gasteiger charge is 2.46. The molecule has 1 heterocycles. The third-order valence-corrected chi connectivity index (χ3v) is 5.73. The molecule has 6 nitrogen and oxygen atoms in total. The lowest BCUT2D eigenvalue weighted by Gasteiger charge is -2.28. The number of aliphatic hydroxyl groups excluding tert-OH is 1. The van der Waals surface area contributed by atoms with Crippen LogP contribution in [0, 0.1) is 5.82 Å². The summed E-state index contributed by atoms with van der Waals surface area (Å²) in [7, 11) is 0. The maximum Gasteiger partial charge on any atom is 0.295 e. The van der Waals surface area contributed by atoms with E-state index in [1.807, 2.05) is 20.8 Å². The van der Waals surface area contributed by atoms with E-state index in [0.29, 0.717) is 24.5 Å². The van der Waals surface area contributed by atoms with E-state index in [1.54, 1.807) is 42.5 Å². The number of halogens is 1. The summed E-state index contributed by atoms with van der Waals surface area (Å²) in [4.78, 5) is 29.4. The molecule has 1 aliphatic heterocycles. The van der Waals surface area contributed by atoms with Crippen LogP contribution in [0.4, 0.5) is 4.39 Å². The first-order valence-electron chi connectivity index (χ1n) is 10.9. The Balaban J connectivity index is 2.08. The number of likely N-dealkylation sites (N-methyl/N-ethyl adjacent to an activating group) is 1. The molecule has 2 aromatic carbocycles. The Morgan fingerprint density at radius 1 is 1.06 bits per heavy atom. The van der Waals surface area contributed by atoms with Crippen molar-refractivity contribution in [3.63, 3.8) is 0 Å². The van der Waals surface area contributed by atoms with Gasteiger partial charge in [0.25, 0.3) is 11.7 Å². The lowest BCUT2D eigenvalue weighted by atomic mass is 9.95. The van der Waals surface area contributed by atoms with Crippen molar-refractivity contribution in [2.24, 2.45) is 0 Å². The highest BCUT2D eigenvalue weighted by molar-refractivity contribution is 6.46. The zero-order valence-electron chi connectivity index (χ0n) is 18.7. The summed E-state index contributed by atoms with van der Waals surface area (Å²) >= 11 is 0. The first kappa shape index (κ1) is 23.5. The van der Waals surface area contributed by atoms with Crippen molar-refractivity contribution >= 4 is 17.4 Å². The second-order valence-corrected chi connectivity index (χ2v) is 7.50. The van der Waals surface area contributed by atoms with Crippen molar-refractivity contribution in [2.75, 3.05) is 32.8 Å². The largest absolute Gasteiger partial charge is 0.507 e. The standard InChI is InChI=1S/C25H29FN2O4/c1-4-27(5-2)15-16-28-22(19-9-7-8-10-20(19)26)21(24(30)25(28)31)23(29)17-11-13-18(14-12-17)32-6-3/h7-14,22,29H,4-6,15-16H2,1-3H3/b23-21+/t22-/m1/s1. The monoisotopic (exact) mass is 440 g/mol. The van der Waals surface area contributed by atoms with E-state index in [0.717, 1.165) is 13.1 Å². The fourth-order valence-corrected chi connectivity index (χ4v) is 3.95. The highest BCUT2D eigenvalue weighted by atomic mass is 19.1. The lowest BCUT2D eigenvalue weighted by Crippen LogP contribution is -2.38. The predicted molar refractivity (Wildman–Crippen MR) is 121 cm³/mol. The van der Waals surface area contributed by atoms with Crippen LogP contribution in [0.2, 0.25) is 0 Å². The van der Waals surface area contributed by atoms with Gasteiger partial charge in [-0.25, -0.2) is 4.39 Å². The molecule has 170 valence electrons. The molecule has 0 aliphatic carbocycles. The quantitative estimate of drug-likeness (QED) is 0.363. The number of ketones is 1. The topological polar surface area (TPSA) is 70.1 Å². The fraction of sp³-hybridized carbons (Fsp3) is 0.360. The Hall–Kier alpha value is -3.19. The van der Waals surface area contributed by atoms with Gasteiger partial charge in [-0.15, -0.1) is 0 Å². The summed E-state index contributed by atoms with van der Waals surface area (Å²) in [6.45, 7) is 8.74. The summed E-state index contributed by atoms with van der Waals surface area (Å²) in [6, 6.07) is 11.6. The van der Waals surface area contributed by atoms with Crippen LogP contribution in [0.25, 0.3) is 5.76 Å². The molecule has 1 N–H and O–H groups in total. The lowest BCUT2D eigenvalue weighted by molar-refractivity contribution is -0.140. The molecule has 1 saturated heterocycles. The van der Waals surface area contributed by atoms with Crippen LogP contribution in [-0.2, 0) is 9.59 Å². The summed E-state index contributed by atoms with van der Waals surface area (Å²) < 4.78 is 20.2. The molecule has 1 atom stereocenters. The third kappa shape index (κ3) is 4.67. The molecule has 1 aliphatic rings. The number of rotatable bonds is 9. The molecule has 0 saturated carbocycles. The van der Waals surface area contributed by atoms with Gasteiger partial charge in [-0.2, -0.15) is 0 Å². The van der Waals surface area contributed by atoms with Crippen molar-refractivity contribution < 1.29 is 23.8 Å². The minimum atomic E-state index is -1.00. The molecule has 0 spiro atoms. The Labute approximate surface area is 187 Å². The normalized spacial score (nSPS) is 17.9. The van der Waals surface area contributed by atoms with E-state index in [9.17, 15) is 19.1 Å². The number of carbonyl (C=O) groups is 2. The van der Waals surface area contributed by atoms with Gasteiger partial charge in [-0.1, -0.05) is 32.0 Å². The summed E-state index contributed by atoms with van der Waals surface area (Å²) in [5, 5.41) is 11.0. The first-order valence-corrected chi connectivity index (χ1v) is 10.9. The molecule has 32 heavy (non-hydrogen) atoms. The number of carbonyl (C=O) groups excluding carboxylic acids is 2. The molecule has 1 fully saturated rings. The second-order valence-electron chi connectivity index (χ2n) is 7.50. The first-order chi connectivity index (χ1) is 15.4. The average Bonchev–Trinajstić information content (AvgIpc) is 3.05. The number of benzene rings is 2. The van der Waals surface area contributed by atoms with Gasteiger partial charge in [0.2, 0.25) is 0 Å². The minimum absolute atomic E-state index is 0.108. The Morgan fingerprint density at radius 3 is 2.31 bits per heavy atom. The van der Waals surface area contributed by atoms with Crippen LogP contribution < -0.4 is 4.74 Å². The summed E-state index contributed by atoms with van der Waals surface area (Å²) in [5.74, 6) is -1.80. The number of Topliss-reactive ketones (excluding diaryl/α,β-unsaturated/α-hetero) is 1. The number of amides is 1. The van der Waals surface area contributed by atoms with Gasteiger partial charge in [0.05, 0.1) is 18.2 Å². The smallest absolute Gasteiger partial charge is 0.295 e. The molecule has 1 amide bonds. The van der Waals surface area contributed by atoms with Crippen molar-refractivity contribution in [1.29, 1.82) is 0 Å². The number of hydrogen-bond acceptors (Lipinski definition) is 5. The van der Waals surface area contributed by atoms with Crippen LogP contribution in [-0.4, -0.2) is 59.4 Å². The van der Waals surface area contributed by atoms with E-state index >= 15 is 0 Å². The van der Waals surface area contributed by atoms with Crippen molar-refractivity contribution in [3.05, 3.63) is 71.0 Å². The van der Waals surface area contributed by atoms with E-state index in [-0.39, 0.29) is 23.4 Å². The molecule has 0 bridgehead atoms. The van der Waals surface area contributed by atoms with Gasteiger partial charge in [-0.05, 0) is 50.3 Å². The number of nitrogens with zero attached hydrogens (tertiary/aromatic N) is 2. The molecule has 0 aromatic heterocycles. The summed E-state index contributed by atoms with van der Waals surface area (Å²) in [6.07, 6.45) is 0. The van der Waals surface area contributed by atoms with Crippen LogP contribution in [0.15, 0.2) is 54.1 Å². The maximum absolute atomic E-state index is 14.8. The van der Waals surface area contributed by atoms with Crippen molar-refractivity contribution in [3.8, 4) is 5.75 Å². The minimum Gasteiger partial charge on any atom is -0.507 e. The van der Waals surface area contributed by atoms with Gasteiger partial charge >= 0.3 is 0 Å². The van der Waals surface area contributed by atoms with E-state index in [1.165, 1.54) is 11.0 Å². The van der Waals surface area contributed by atoms with Crippen molar-refractivity contribution in [2.45, 2.75) is 26.8 Å². The Morgan fingerprint density at radius 2 is 1.72 bits per heavy atom. The fourth-order valence-electron chi connectivity index (χ4n) is 3.95. The van der Waals surface area contributed by atoms with Gasteiger partial charge in [0.1, 0.15) is 17.3 Å². The Kier molecular flexibility index (Phi) is 7.64. The maximum atomic E-state index is 14.8. The number of ether oxygens (including phenoxy) is 1. The molecule has 2 aromatic rings. The Bertz CT molecular complexity index is 999. The number of aliphatic hydroxyl groups is 1. The average molecular weight is 441 g/mol. The molecule has 0 radical (unpaired) electrons. The van der Waals surface area contributed by atoms with Crippen LogP contribution in [0.3, 0.4) is 0 Å². The zero-order chi connectivity index (χ0) is 23.3. The van der Waals surface area contributed by atoms with Crippen molar-refractivity contribution in [1.82, 2.24) is 9.80 Å². The van der Waals surface area contributed by atoms with E-state index < -0.39 is 23.5 Å². The zero-order valence-corrected chi connectivity index (χ0v) is 18.7. The highest BCUT2D eigenvalue weighted by Crippen LogP contribution is 2.40. The molecule has 0 unspecified atom stereocenters.